The van der Waals surface area contributed by atoms with Crippen molar-refractivity contribution in [1.82, 2.24) is 30.3 Å². The fourth-order valence-corrected chi connectivity index (χ4v) is 4.23. The third-order valence-electron chi connectivity index (χ3n) is 5.81. The number of aryl methyl sites for hydroxylation is 1. The van der Waals surface area contributed by atoms with E-state index >= 15 is 0 Å². The van der Waals surface area contributed by atoms with E-state index in [1.807, 2.05) is 31.3 Å². The van der Waals surface area contributed by atoms with Gasteiger partial charge in [0.05, 0.1) is 28.5 Å². The lowest BCUT2D eigenvalue weighted by Crippen LogP contribution is -2.33. The molecule has 0 saturated carbocycles. The van der Waals surface area contributed by atoms with Crippen molar-refractivity contribution < 1.29 is 9.53 Å². The van der Waals surface area contributed by atoms with Gasteiger partial charge in [-0.25, -0.2) is 4.68 Å². The Morgan fingerprint density at radius 1 is 1.34 bits per heavy atom. The first-order valence-electron chi connectivity index (χ1n) is 10.7. The van der Waals surface area contributed by atoms with Crippen molar-refractivity contribution in [3.8, 4) is 0 Å². The highest BCUT2D eigenvalue weighted by Gasteiger charge is 2.20. The molecule has 2 aromatic heterocycles. The molecule has 166 valence electrons. The molecule has 1 amide bonds. The van der Waals surface area contributed by atoms with Crippen molar-refractivity contribution >= 4 is 45.6 Å². The fraction of sp³-hybridized carbons (Fsp3) is 0.364. The van der Waals surface area contributed by atoms with E-state index in [9.17, 15) is 4.79 Å². The number of rotatable bonds is 6. The van der Waals surface area contributed by atoms with Gasteiger partial charge in [-0.05, 0) is 43.4 Å². The molecule has 0 radical (unpaired) electrons. The Labute approximate surface area is 189 Å². The Balaban J connectivity index is 1.28. The lowest BCUT2D eigenvalue weighted by molar-refractivity contribution is -0.118. The van der Waals surface area contributed by atoms with Gasteiger partial charge in [0.2, 0.25) is 11.9 Å². The highest BCUT2D eigenvalue weighted by atomic mass is 35.5. The molecule has 32 heavy (non-hydrogen) atoms. The Morgan fingerprint density at radius 3 is 3.03 bits per heavy atom. The SMILES string of the molecule is Cn1nc(C2=CC=C(C(=O)NCC3CCCO3)CC2)nc1Nc1ccc2[nH]ncc2c1Cl. The summed E-state index contributed by atoms with van der Waals surface area (Å²) in [6.45, 7) is 1.35. The van der Waals surface area contributed by atoms with Crippen LogP contribution in [0, 0.1) is 0 Å². The predicted molar refractivity (Wildman–Crippen MR) is 123 cm³/mol. The second-order valence-corrected chi connectivity index (χ2v) is 8.37. The number of benzene rings is 1. The number of H-pyrrole nitrogens is 1. The monoisotopic (exact) mass is 453 g/mol. The fourth-order valence-electron chi connectivity index (χ4n) is 3.97. The zero-order valence-electron chi connectivity index (χ0n) is 17.7. The number of halogens is 1. The number of aromatic nitrogens is 5. The van der Waals surface area contributed by atoms with Crippen LogP contribution in [0.1, 0.15) is 31.5 Å². The summed E-state index contributed by atoms with van der Waals surface area (Å²) in [5.74, 6) is 1.18. The average molecular weight is 454 g/mol. The lowest BCUT2D eigenvalue weighted by atomic mass is 9.97. The molecular formula is C22H24ClN7O2. The van der Waals surface area contributed by atoms with Crippen LogP contribution in [0.3, 0.4) is 0 Å². The summed E-state index contributed by atoms with van der Waals surface area (Å²) in [7, 11) is 1.83. The number of anilines is 2. The minimum absolute atomic E-state index is 0.0311. The molecule has 1 saturated heterocycles. The molecule has 3 heterocycles. The Kier molecular flexibility index (Phi) is 5.67. The molecule has 0 bridgehead atoms. The van der Waals surface area contributed by atoms with Crippen LogP contribution in [0.4, 0.5) is 11.6 Å². The number of hydrogen-bond acceptors (Lipinski definition) is 6. The summed E-state index contributed by atoms with van der Waals surface area (Å²) in [4.78, 5) is 17.1. The first-order valence-corrected chi connectivity index (χ1v) is 11.1. The summed E-state index contributed by atoms with van der Waals surface area (Å²) < 4.78 is 7.24. The molecule has 9 nitrogen and oxygen atoms in total. The normalized spacial score (nSPS) is 18.5. The molecule has 10 heteroatoms. The molecule has 0 spiro atoms. The number of fused-ring (bicyclic) bond motifs is 1. The second kappa shape index (κ2) is 8.76. The van der Waals surface area contributed by atoms with Gasteiger partial charge in [0.25, 0.3) is 0 Å². The van der Waals surface area contributed by atoms with Crippen LogP contribution in [-0.2, 0) is 16.6 Å². The maximum absolute atomic E-state index is 12.4. The second-order valence-electron chi connectivity index (χ2n) is 7.99. The van der Waals surface area contributed by atoms with E-state index in [2.05, 4.69) is 30.9 Å². The third kappa shape index (κ3) is 4.13. The van der Waals surface area contributed by atoms with Crippen LogP contribution in [0.15, 0.2) is 36.1 Å². The van der Waals surface area contributed by atoms with Gasteiger partial charge in [-0.15, -0.1) is 5.10 Å². The van der Waals surface area contributed by atoms with E-state index < -0.39 is 0 Å². The number of aromatic amines is 1. The Hall–Kier alpha value is -3.17. The number of nitrogens with one attached hydrogen (secondary N) is 3. The molecule has 1 unspecified atom stereocenters. The van der Waals surface area contributed by atoms with Gasteiger partial charge in [-0.3, -0.25) is 9.89 Å². The zero-order chi connectivity index (χ0) is 22.1. The summed E-state index contributed by atoms with van der Waals surface area (Å²) in [6, 6.07) is 3.79. The minimum atomic E-state index is -0.0311. The minimum Gasteiger partial charge on any atom is -0.376 e. The molecule has 3 N–H and O–H groups in total. The molecule has 1 fully saturated rings. The highest BCUT2D eigenvalue weighted by molar-refractivity contribution is 6.38. The van der Waals surface area contributed by atoms with E-state index in [1.54, 1.807) is 10.9 Å². The zero-order valence-corrected chi connectivity index (χ0v) is 18.4. The van der Waals surface area contributed by atoms with Crippen LogP contribution in [0.25, 0.3) is 16.5 Å². The van der Waals surface area contributed by atoms with Crippen LogP contribution in [0.5, 0.6) is 0 Å². The molecule has 1 aromatic carbocycles. The van der Waals surface area contributed by atoms with Gasteiger partial charge in [0.1, 0.15) is 0 Å². The van der Waals surface area contributed by atoms with Gasteiger partial charge in [0, 0.05) is 31.2 Å². The van der Waals surface area contributed by atoms with E-state index in [1.165, 1.54) is 0 Å². The molecule has 1 atom stereocenters. The van der Waals surface area contributed by atoms with Crippen molar-refractivity contribution in [1.29, 1.82) is 0 Å². The number of allylic oxidation sites excluding steroid dienone is 3. The van der Waals surface area contributed by atoms with Crippen LogP contribution < -0.4 is 10.6 Å². The number of nitrogens with zero attached hydrogens (tertiary/aromatic N) is 4. The number of ether oxygens (including phenoxy) is 1. The van der Waals surface area contributed by atoms with Crippen molar-refractivity contribution in [3.63, 3.8) is 0 Å². The van der Waals surface area contributed by atoms with Gasteiger partial charge >= 0.3 is 0 Å². The third-order valence-corrected chi connectivity index (χ3v) is 6.22. The van der Waals surface area contributed by atoms with Crippen molar-refractivity contribution in [2.24, 2.45) is 7.05 Å². The maximum Gasteiger partial charge on any atom is 0.247 e. The molecule has 2 aliphatic rings. The summed E-state index contributed by atoms with van der Waals surface area (Å²) >= 11 is 6.51. The largest absolute Gasteiger partial charge is 0.376 e. The Bertz CT molecular complexity index is 1220. The summed E-state index contributed by atoms with van der Waals surface area (Å²) in [6.07, 6.45) is 9.03. The standard InChI is InChI=1S/C22H24ClN7O2/c1-30-22(26-18-9-8-17-16(19(18)23)12-25-28-17)27-20(29-30)13-4-6-14(7-5-13)21(31)24-11-15-3-2-10-32-15/h4,6,8-9,12,15H,2-3,5,7,10-11H2,1H3,(H,24,31)(H,25,28)(H,26,27,29). The highest BCUT2D eigenvalue weighted by Crippen LogP contribution is 2.32. The topological polar surface area (TPSA) is 110 Å². The molecule has 1 aliphatic heterocycles. The van der Waals surface area contributed by atoms with E-state index in [0.29, 0.717) is 36.2 Å². The first kappa shape index (κ1) is 20.7. The number of amides is 1. The molecular weight excluding hydrogens is 430 g/mol. The summed E-state index contributed by atoms with van der Waals surface area (Å²) in [5.41, 5.74) is 3.35. The Morgan fingerprint density at radius 2 is 2.25 bits per heavy atom. The molecule has 3 aromatic rings. The van der Waals surface area contributed by atoms with Crippen LogP contribution >= 0.6 is 11.6 Å². The number of carbonyl (C=O) groups is 1. The van der Waals surface area contributed by atoms with Gasteiger partial charge in [-0.1, -0.05) is 23.8 Å². The molecule has 1 aliphatic carbocycles. The van der Waals surface area contributed by atoms with Crippen LogP contribution in [-0.4, -0.2) is 50.1 Å². The number of hydrogen-bond donors (Lipinski definition) is 3. The maximum atomic E-state index is 12.4. The van der Waals surface area contributed by atoms with Gasteiger partial charge in [0.15, 0.2) is 5.82 Å². The predicted octanol–water partition coefficient (Wildman–Crippen LogP) is 3.49. The number of carbonyl (C=O) groups excluding carboxylic acids is 1. The van der Waals surface area contributed by atoms with E-state index in [0.717, 1.165) is 47.2 Å². The van der Waals surface area contributed by atoms with Crippen LogP contribution in [0.2, 0.25) is 5.02 Å². The van der Waals surface area contributed by atoms with Crippen molar-refractivity contribution in [3.05, 3.63) is 46.9 Å². The average Bonchev–Trinajstić information content (AvgIpc) is 3.56. The summed E-state index contributed by atoms with van der Waals surface area (Å²) in [5, 5.41) is 19.1. The smallest absolute Gasteiger partial charge is 0.247 e. The lowest BCUT2D eigenvalue weighted by Gasteiger charge is -2.15. The first-order chi connectivity index (χ1) is 15.6. The van der Waals surface area contributed by atoms with Crippen molar-refractivity contribution in [2.45, 2.75) is 31.8 Å². The van der Waals surface area contributed by atoms with E-state index in [-0.39, 0.29) is 12.0 Å². The van der Waals surface area contributed by atoms with Gasteiger partial charge < -0.3 is 15.4 Å². The van der Waals surface area contributed by atoms with Gasteiger partial charge in [-0.2, -0.15) is 10.1 Å². The van der Waals surface area contributed by atoms with Crippen molar-refractivity contribution in [2.75, 3.05) is 18.5 Å². The van der Waals surface area contributed by atoms with E-state index in [4.69, 9.17) is 16.3 Å². The quantitative estimate of drug-likeness (QED) is 0.527. The molecule has 5 rings (SSSR count).